The molecule has 25 heavy (non-hydrogen) atoms. The maximum atomic E-state index is 6.56. The number of aryl methyl sites for hydroxylation is 1. The van der Waals surface area contributed by atoms with Crippen molar-refractivity contribution >= 4 is 33.2 Å². The van der Waals surface area contributed by atoms with Crippen LogP contribution < -0.4 is 4.74 Å². The minimum atomic E-state index is 0.307. The molecule has 0 amide bonds. The number of nitrogens with zero attached hydrogens (tertiary/aromatic N) is 1. The van der Waals surface area contributed by atoms with Gasteiger partial charge in [-0.2, -0.15) is 0 Å². The van der Waals surface area contributed by atoms with Crippen LogP contribution in [0.25, 0.3) is 21.3 Å². The number of thiophene rings is 1. The van der Waals surface area contributed by atoms with E-state index in [1.807, 2.05) is 18.3 Å². The lowest BCUT2D eigenvalue weighted by Gasteiger charge is -2.22. The van der Waals surface area contributed by atoms with Gasteiger partial charge in [0.15, 0.2) is 0 Å². The average molecular weight is 372 g/mol. The van der Waals surface area contributed by atoms with Gasteiger partial charge in [0.05, 0.1) is 16.3 Å². The number of ether oxygens (including phenoxy) is 1. The number of halogens is 1. The van der Waals surface area contributed by atoms with Gasteiger partial charge < -0.3 is 4.74 Å². The zero-order valence-electron chi connectivity index (χ0n) is 14.4. The van der Waals surface area contributed by atoms with E-state index in [9.17, 15) is 0 Å². The topological polar surface area (TPSA) is 22.1 Å². The molecule has 2 nitrogen and oxygen atoms in total. The molecule has 0 aliphatic heterocycles. The van der Waals surface area contributed by atoms with Gasteiger partial charge >= 0.3 is 0 Å². The number of hydrogen-bond acceptors (Lipinski definition) is 3. The molecular formula is C21H22ClNOS. The van der Waals surface area contributed by atoms with Crippen LogP contribution in [0.4, 0.5) is 0 Å². The van der Waals surface area contributed by atoms with Crippen molar-refractivity contribution in [2.45, 2.75) is 51.6 Å². The Hall–Kier alpha value is -1.58. The Morgan fingerprint density at radius 2 is 1.88 bits per heavy atom. The first kappa shape index (κ1) is 16.9. The van der Waals surface area contributed by atoms with E-state index in [1.54, 1.807) is 11.3 Å². The molecule has 1 aromatic carbocycles. The van der Waals surface area contributed by atoms with Crippen LogP contribution in [0.5, 0.6) is 5.75 Å². The van der Waals surface area contributed by atoms with E-state index in [0.717, 1.165) is 45.8 Å². The molecule has 0 bridgehead atoms. The molecule has 0 spiro atoms. The summed E-state index contributed by atoms with van der Waals surface area (Å²) in [6, 6.07) is 8.18. The number of pyridine rings is 1. The van der Waals surface area contributed by atoms with E-state index < -0.39 is 0 Å². The van der Waals surface area contributed by atoms with Crippen molar-refractivity contribution in [1.29, 1.82) is 0 Å². The molecule has 0 radical (unpaired) electrons. The summed E-state index contributed by atoms with van der Waals surface area (Å²) in [7, 11) is 0. The van der Waals surface area contributed by atoms with Crippen molar-refractivity contribution in [3.8, 4) is 16.9 Å². The van der Waals surface area contributed by atoms with Crippen molar-refractivity contribution in [3.63, 3.8) is 0 Å². The third-order valence-corrected chi connectivity index (χ3v) is 6.12. The number of aromatic nitrogens is 1. The molecule has 1 aliphatic rings. The van der Waals surface area contributed by atoms with Crippen LogP contribution in [0.2, 0.25) is 5.02 Å². The third kappa shape index (κ3) is 3.54. The molecule has 0 atom stereocenters. The highest BCUT2D eigenvalue weighted by atomic mass is 35.5. The smallest absolute Gasteiger partial charge is 0.130 e. The Morgan fingerprint density at radius 1 is 1.08 bits per heavy atom. The van der Waals surface area contributed by atoms with E-state index in [-0.39, 0.29) is 0 Å². The van der Waals surface area contributed by atoms with E-state index in [0.29, 0.717) is 6.10 Å². The molecule has 2 heterocycles. The van der Waals surface area contributed by atoms with Gasteiger partial charge in [-0.1, -0.05) is 24.4 Å². The van der Waals surface area contributed by atoms with Gasteiger partial charge in [0.1, 0.15) is 5.75 Å². The maximum absolute atomic E-state index is 6.56. The van der Waals surface area contributed by atoms with Gasteiger partial charge in [0, 0.05) is 22.3 Å². The van der Waals surface area contributed by atoms with Gasteiger partial charge in [0.2, 0.25) is 0 Å². The quantitative estimate of drug-likeness (QED) is 0.461. The lowest BCUT2D eigenvalue weighted by Crippen LogP contribution is -2.16. The van der Waals surface area contributed by atoms with E-state index >= 15 is 0 Å². The number of hydrogen-bond donors (Lipinski definition) is 0. The zero-order chi connectivity index (χ0) is 17.2. The van der Waals surface area contributed by atoms with Crippen LogP contribution in [0.1, 0.15) is 44.1 Å². The van der Waals surface area contributed by atoms with Crippen molar-refractivity contribution in [3.05, 3.63) is 46.4 Å². The van der Waals surface area contributed by atoms with Crippen LogP contribution in [-0.2, 0) is 0 Å². The normalized spacial score (nSPS) is 16.1. The van der Waals surface area contributed by atoms with Gasteiger partial charge in [-0.05, 0) is 67.8 Å². The van der Waals surface area contributed by atoms with Gasteiger partial charge in [-0.15, -0.1) is 11.3 Å². The molecule has 0 unspecified atom stereocenters. The Bertz CT molecular complexity index is 881. The average Bonchev–Trinajstić information content (AvgIpc) is 2.93. The first-order valence-electron chi connectivity index (χ1n) is 9.02. The lowest BCUT2D eigenvalue weighted by molar-refractivity contribution is 0.183. The Morgan fingerprint density at radius 3 is 2.68 bits per heavy atom. The second-order valence-corrected chi connectivity index (χ2v) is 8.18. The van der Waals surface area contributed by atoms with Crippen LogP contribution in [0.15, 0.2) is 35.8 Å². The Kier molecular flexibility index (Phi) is 4.96. The number of benzene rings is 1. The van der Waals surface area contributed by atoms with Crippen molar-refractivity contribution < 1.29 is 4.74 Å². The fourth-order valence-electron chi connectivity index (χ4n) is 3.70. The summed E-state index contributed by atoms with van der Waals surface area (Å²) in [5.41, 5.74) is 4.38. The maximum Gasteiger partial charge on any atom is 0.130 e. The van der Waals surface area contributed by atoms with Crippen molar-refractivity contribution in [2.75, 3.05) is 0 Å². The summed E-state index contributed by atoms with van der Waals surface area (Å²) in [6.45, 7) is 2.09. The molecule has 1 aliphatic carbocycles. The van der Waals surface area contributed by atoms with Crippen molar-refractivity contribution in [1.82, 2.24) is 4.98 Å². The summed E-state index contributed by atoms with van der Waals surface area (Å²) >= 11 is 8.12. The zero-order valence-corrected chi connectivity index (χ0v) is 16.0. The number of rotatable bonds is 3. The molecule has 3 aromatic rings. The SMILES string of the molecule is Cc1cc(Cl)cc(-c2ccnc3ccsc23)c1OC1CCCCCC1. The summed E-state index contributed by atoms with van der Waals surface area (Å²) in [5, 5.41) is 2.84. The monoisotopic (exact) mass is 371 g/mol. The largest absolute Gasteiger partial charge is 0.490 e. The lowest BCUT2D eigenvalue weighted by atomic mass is 10.0. The fourth-order valence-corrected chi connectivity index (χ4v) is 4.85. The molecule has 2 aromatic heterocycles. The molecule has 0 N–H and O–H groups in total. The van der Waals surface area contributed by atoms with Gasteiger partial charge in [-0.25, -0.2) is 0 Å². The van der Waals surface area contributed by atoms with Crippen molar-refractivity contribution in [2.24, 2.45) is 0 Å². The first-order valence-corrected chi connectivity index (χ1v) is 10.3. The minimum absolute atomic E-state index is 0.307. The second-order valence-electron chi connectivity index (χ2n) is 6.82. The summed E-state index contributed by atoms with van der Waals surface area (Å²) < 4.78 is 7.75. The predicted molar refractivity (Wildman–Crippen MR) is 107 cm³/mol. The van der Waals surface area contributed by atoms with E-state index in [4.69, 9.17) is 16.3 Å². The Balaban J connectivity index is 1.80. The van der Waals surface area contributed by atoms with E-state index in [1.165, 1.54) is 30.4 Å². The summed E-state index contributed by atoms with van der Waals surface area (Å²) in [6.07, 6.45) is 9.64. The van der Waals surface area contributed by atoms with Crippen LogP contribution in [-0.4, -0.2) is 11.1 Å². The molecule has 1 saturated carbocycles. The standard InChI is InChI=1S/C21H22ClNOS/c1-14-12-15(22)13-18(17-8-10-23-19-9-11-25-21(17)19)20(14)24-16-6-4-2-3-5-7-16/h8-13,16H,2-7H2,1H3. The molecule has 130 valence electrons. The highest BCUT2D eigenvalue weighted by Crippen LogP contribution is 2.41. The van der Waals surface area contributed by atoms with Gasteiger partial charge in [0.25, 0.3) is 0 Å². The van der Waals surface area contributed by atoms with E-state index in [2.05, 4.69) is 29.4 Å². The highest BCUT2D eigenvalue weighted by Gasteiger charge is 2.20. The fraction of sp³-hybridized carbons (Fsp3) is 0.381. The van der Waals surface area contributed by atoms with Crippen LogP contribution in [0.3, 0.4) is 0 Å². The first-order chi connectivity index (χ1) is 12.2. The highest BCUT2D eigenvalue weighted by molar-refractivity contribution is 7.17. The minimum Gasteiger partial charge on any atom is -0.490 e. The van der Waals surface area contributed by atoms with Gasteiger partial charge in [-0.3, -0.25) is 4.98 Å². The summed E-state index contributed by atoms with van der Waals surface area (Å²) in [5.74, 6) is 0.984. The summed E-state index contributed by atoms with van der Waals surface area (Å²) in [4.78, 5) is 4.47. The molecule has 0 saturated heterocycles. The molecule has 4 heteroatoms. The second kappa shape index (κ2) is 7.35. The molecular weight excluding hydrogens is 350 g/mol. The van der Waals surface area contributed by atoms with Crippen LogP contribution in [0, 0.1) is 6.92 Å². The van der Waals surface area contributed by atoms with Crippen LogP contribution >= 0.6 is 22.9 Å². The number of fused-ring (bicyclic) bond motifs is 1. The molecule has 1 fully saturated rings. The Labute approximate surface area is 157 Å². The third-order valence-electron chi connectivity index (χ3n) is 4.96. The predicted octanol–water partition coefficient (Wildman–Crippen LogP) is 7.03. The molecule has 4 rings (SSSR count).